The molecular formula is C15H14ClN3O3S. The lowest BCUT2D eigenvalue weighted by molar-refractivity contribution is -0.133. The van der Waals surface area contributed by atoms with Crippen LogP contribution < -0.4 is 10.6 Å². The van der Waals surface area contributed by atoms with E-state index in [2.05, 4.69) is 10.6 Å². The molecule has 2 heterocycles. The van der Waals surface area contributed by atoms with Gasteiger partial charge in [0, 0.05) is 22.0 Å². The van der Waals surface area contributed by atoms with Gasteiger partial charge in [-0.3, -0.25) is 14.9 Å². The van der Waals surface area contributed by atoms with E-state index in [0.29, 0.717) is 11.6 Å². The van der Waals surface area contributed by atoms with Crippen LogP contribution in [0.5, 0.6) is 0 Å². The number of nitrogens with one attached hydrogen (secondary N) is 2. The number of carbonyl (C=O) groups is 3. The smallest absolute Gasteiger partial charge is 0.322 e. The van der Waals surface area contributed by atoms with Crippen molar-refractivity contribution in [2.24, 2.45) is 0 Å². The van der Waals surface area contributed by atoms with Crippen LogP contribution in [-0.4, -0.2) is 35.8 Å². The molecule has 1 fully saturated rings. The van der Waals surface area contributed by atoms with Gasteiger partial charge < -0.3 is 10.2 Å². The fourth-order valence-corrected chi connectivity index (χ4v) is 3.95. The lowest BCUT2D eigenvalue weighted by Gasteiger charge is -2.18. The molecule has 0 saturated carbocycles. The largest absolute Gasteiger partial charge is 0.340 e. The molecule has 1 aliphatic rings. The average molecular weight is 352 g/mol. The van der Waals surface area contributed by atoms with Crippen molar-refractivity contribution in [2.75, 3.05) is 7.05 Å². The molecule has 0 radical (unpaired) electrons. The normalized spacial score (nSPS) is 17.2. The van der Waals surface area contributed by atoms with E-state index < -0.39 is 18.0 Å². The van der Waals surface area contributed by atoms with E-state index in [9.17, 15) is 14.4 Å². The van der Waals surface area contributed by atoms with Crippen molar-refractivity contribution in [1.82, 2.24) is 15.5 Å². The van der Waals surface area contributed by atoms with Crippen LogP contribution in [0.25, 0.3) is 10.1 Å². The van der Waals surface area contributed by atoms with Crippen molar-refractivity contribution in [1.29, 1.82) is 0 Å². The van der Waals surface area contributed by atoms with Gasteiger partial charge in [0.1, 0.15) is 6.04 Å². The number of nitrogens with zero attached hydrogens (tertiary/aromatic N) is 1. The summed E-state index contributed by atoms with van der Waals surface area (Å²) in [6, 6.07) is 6.40. The minimum absolute atomic E-state index is 0.0728. The molecule has 120 valence electrons. The Balaban J connectivity index is 1.69. The molecule has 6 nitrogen and oxygen atoms in total. The van der Waals surface area contributed by atoms with Gasteiger partial charge in [-0.05, 0) is 6.07 Å². The van der Waals surface area contributed by atoms with Crippen LogP contribution in [0.15, 0.2) is 24.3 Å². The number of fused-ring (bicyclic) bond motifs is 1. The Morgan fingerprint density at radius 2 is 2.09 bits per heavy atom. The maximum absolute atomic E-state index is 12.2. The molecule has 2 aromatic rings. The van der Waals surface area contributed by atoms with Crippen LogP contribution in [0.1, 0.15) is 11.3 Å². The van der Waals surface area contributed by atoms with Gasteiger partial charge >= 0.3 is 6.03 Å². The van der Waals surface area contributed by atoms with Crippen molar-refractivity contribution < 1.29 is 14.4 Å². The van der Waals surface area contributed by atoms with Crippen molar-refractivity contribution in [3.63, 3.8) is 0 Å². The summed E-state index contributed by atoms with van der Waals surface area (Å²) < 4.78 is 1.07. The number of thiophene rings is 1. The Bertz CT molecular complexity index is 804. The van der Waals surface area contributed by atoms with Crippen LogP contribution in [0.3, 0.4) is 0 Å². The zero-order valence-corrected chi connectivity index (χ0v) is 13.8. The molecule has 8 heteroatoms. The van der Waals surface area contributed by atoms with E-state index in [0.717, 1.165) is 15.0 Å². The first kappa shape index (κ1) is 15.8. The zero-order valence-electron chi connectivity index (χ0n) is 12.3. The summed E-state index contributed by atoms with van der Waals surface area (Å²) in [6.07, 6.45) is -0.0728. The van der Waals surface area contributed by atoms with Gasteiger partial charge in [-0.15, -0.1) is 11.3 Å². The first-order valence-electron chi connectivity index (χ1n) is 6.97. The standard InChI is InChI=1S/C15H14ClN3O3S/c1-19(12(20)6-9-14(21)18-15(22)17-9)7-11-13(16)8-4-2-3-5-10(8)23-11/h2-5,9H,6-7H2,1H3,(H2,17,18,21,22). The Morgan fingerprint density at radius 1 is 1.35 bits per heavy atom. The van der Waals surface area contributed by atoms with Gasteiger partial charge in [-0.1, -0.05) is 29.8 Å². The fourth-order valence-electron chi connectivity index (χ4n) is 2.40. The molecular weight excluding hydrogens is 338 g/mol. The second-order valence-corrected chi connectivity index (χ2v) is 6.82. The number of rotatable bonds is 4. The molecule has 4 amide bonds. The summed E-state index contributed by atoms with van der Waals surface area (Å²) in [5.41, 5.74) is 0. The number of carbonyl (C=O) groups excluding carboxylic acids is 3. The van der Waals surface area contributed by atoms with Gasteiger partial charge in [0.2, 0.25) is 5.91 Å². The SMILES string of the molecule is CN(Cc1sc2ccccc2c1Cl)C(=O)CC1NC(=O)NC1=O. The monoisotopic (exact) mass is 351 g/mol. The van der Waals surface area contributed by atoms with Crippen LogP contribution >= 0.6 is 22.9 Å². The summed E-state index contributed by atoms with van der Waals surface area (Å²) in [5.74, 6) is -0.711. The molecule has 23 heavy (non-hydrogen) atoms. The molecule has 2 N–H and O–H groups in total. The number of imide groups is 1. The Morgan fingerprint density at radius 3 is 2.74 bits per heavy atom. The molecule has 0 spiro atoms. The van der Waals surface area contributed by atoms with E-state index in [4.69, 9.17) is 11.6 Å². The highest BCUT2D eigenvalue weighted by molar-refractivity contribution is 7.19. The van der Waals surface area contributed by atoms with Crippen LogP contribution in [-0.2, 0) is 16.1 Å². The highest BCUT2D eigenvalue weighted by Gasteiger charge is 2.32. The Labute approximate surface area is 141 Å². The summed E-state index contributed by atoms with van der Waals surface area (Å²) in [7, 11) is 1.65. The fraction of sp³-hybridized carbons (Fsp3) is 0.267. The van der Waals surface area contributed by atoms with Gasteiger partial charge in [0.15, 0.2) is 0 Å². The first-order valence-corrected chi connectivity index (χ1v) is 8.16. The molecule has 1 saturated heterocycles. The van der Waals surface area contributed by atoms with Crippen molar-refractivity contribution in [3.8, 4) is 0 Å². The minimum atomic E-state index is -0.810. The van der Waals surface area contributed by atoms with Crippen LogP contribution in [0.2, 0.25) is 5.02 Å². The van der Waals surface area contributed by atoms with E-state index in [1.165, 1.54) is 16.2 Å². The Kier molecular flexibility index (Phi) is 4.23. The van der Waals surface area contributed by atoms with Gasteiger partial charge in [-0.2, -0.15) is 0 Å². The molecule has 0 aliphatic carbocycles. The maximum Gasteiger partial charge on any atom is 0.322 e. The van der Waals surface area contributed by atoms with E-state index in [-0.39, 0.29) is 12.3 Å². The second-order valence-electron chi connectivity index (χ2n) is 5.30. The number of amides is 4. The van der Waals surface area contributed by atoms with E-state index in [1.807, 2.05) is 24.3 Å². The van der Waals surface area contributed by atoms with E-state index >= 15 is 0 Å². The third kappa shape index (κ3) is 3.16. The average Bonchev–Trinajstić information content (AvgIpc) is 2.99. The molecule has 1 atom stereocenters. The quantitative estimate of drug-likeness (QED) is 0.828. The van der Waals surface area contributed by atoms with Gasteiger partial charge in [-0.25, -0.2) is 4.79 Å². The highest BCUT2D eigenvalue weighted by atomic mass is 35.5. The third-order valence-electron chi connectivity index (χ3n) is 3.65. The lowest BCUT2D eigenvalue weighted by Crippen LogP contribution is -2.36. The number of hydrogen-bond donors (Lipinski definition) is 2. The zero-order chi connectivity index (χ0) is 16.6. The highest BCUT2D eigenvalue weighted by Crippen LogP contribution is 2.35. The van der Waals surface area contributed by atoms with Gasteiger partial charge in [0.25, 0.3) is 5.91 Å². The van der Waals surface area contributed by atoms with Crippen LogP contribution in [0, 0.1) is 0 Å². The molecule has 0 bridgehead atoms. The molecule has 3 rings (SSSR count). The number of halogens is 1. The third-order valence-corrected chi connectivity index (χ3v) is 5.34. The van der Waals surface area contributed by atoms with Gasteiger partial charge in [0.05, 0.1) is 18.0 Å². The minimum Gasteiger partial charge on any atom is -0.340 e. The lowest BCUT2D eigenvalue weighted by atomic mass is 10.2. The summed E-state index contributed by atoms with van der Waals surface area (Å²) >= 11 is 7.91. The number of hydrogen-bond acceptors (Lipinski definition) is 4. The maximum atomic E-state index is 12.2. The molecule has 1 aliphatic heterocycles. The topological polar surface area (TPSA) is 78.5 Å². The van der Waals surface area contributed by atoms with Crippen molar-refractivity contribution in [2.45, 2.75) is 19.0 Å². The van der Waals surface area contributed by atoms with E-state index in [1.54, 1.807) is 7.05 Å². The summed E-state index contributed by atoms with van der Waals surface area (Å²) in [4.78, 5) is 37.2. The summed E-state index contributed by atoms with van der Waals surface area (Å²) in [6.45, 7) is 0.360. The number of urea groups is 1. The molecule has 1 aromatic heterocycles. The molecule has 1 aromatic carbocycles. The van der Waals surface area contributed by atoms with Crippen molar-refractivity contribution >= 4 is 50.9 Å². The predicted octanol–water partition coefficient (Wildman–Crippen LogP) is 2.11. The van der Waals surface area contributed by atoms with Crippen molar-refractivity contribution in [3.05, 3.63) is 34.2 Å². The predicted molar refractivity (Wildman–Crippen MR) is 88.4 cm³/mol. The second kappa shape index (κ2) is 6.17. The first-order chi connectivity index (χ1) is 11.0. The van der Waals surface area contributed by atoms with Crippen LogP contribution in [0.4, 0.5) is 4.79 Å². The number of benzene rings is 1. The molecule has 1 unspecified atom stereocenters. The Hall–Kier alpha value is -2.12. The summed E-state index contributed by atoms with van der Waals surface area (Å²) in [5, 5.41) is 6.14.